The summed E-state index contributed by atoms with van der Waals surface area (Å²) >= 11 is 0. The molecule has 1 rings (SSSR count). The molecule has 57 valence electrons. The predicted octanol–water partition coefficient (Wildman–Crippen LogP) is -0.0990. The number of nitrogens with zero attached hydrogens (tertiary/aromatic N) is 3. The molecule has 0 aliphatic carbocycles. The van der Waals surface area contributed by atoms with E-state index in [0.29, 0.717) is 0 Å². The third-order valence-electron chi connectivity index (χ3n) is 1.06. The molecule has 0 aromatic carbocycles. The van der Waals surface area contributed by atoms with Crippen molar-refractivity contribution < 1.29 is 9.72 Å². The fourth-order valence-corrected chi connectivity index (χ4v) is 0.600. The van der Waals surface area contributed by atoms with Crippen LogP contribution in [-0.2, 0) is 11.3 Å². The molecule has 0 atom stereocenters. The summed E-state index contributed by atoms with van der Waals surface area (Å²) < 4.78 is 1.14. The molecule has 1 radical (unpaired) electrons. The maximum atomic E-state index is 10.1. The molecule has 0 amide bonds. The molecule has 0 saturated heterocycles. The second-order valence-electron chi connectivity index (χ2n) is 1.80. The molecular weight excluding hydrogens is 150 g/mol. The van der Waals surface area contributed by atoms with Gasteiger partial charge in [-0.05, 0) is 0 Å². The third-order valence-corrected chi connectivity index (χ3v) is 1.06. The highest BCUT2D eigenvalue weighted by Crippen LogP contribution is 2.06. The van der Waals surface area contributed by atoms with E-state index in [2.05, 4.69) is 5.10 Å². The van der Waals surface area contributed by atoms with Crippen molar-refractivity contribution in [3.63, 3.8) is 0 Å². The lowest BCUT2D eigenvalue weighted by Gasteiger charge is -1.86. The molecule has 0 aliphatic heterocycles. The number of nitro groups is 1. The number of carbonyl (C=O) groups excluding carboxylic acids is 1. The van der Waals surface area contributed by atoms with Gasteiger partial charge in [0.25, 0.3) is 0 Å². The van der Waals surface area contributed by atoms with Crippen molar-refractivity contribution in [3.05, 3.63) is 22.5 Å². The highest BCUT2D eigenvalue weighted by Gasteiger charge is 2.07. The van der Waals surface area contributed by atoms with E-state index in [4.69, 9.17) is 0 Å². The molecule has 6 nitrogen and oxygen atoms in total. The smallest absolute Gasteiger partial charge is 0.289 e. The maximum absolute atomic E-state index is 10.1. The van der Waals surface area contributed by atoms with Crippen LogP contribution < -0.4 is 0 Å². The molecule has 0 fully saturated rings. The van der Waals surface area contributed by atoms with Crippen LogP contribution in [0.15, 0.2) is 12.4 Å². The number of hydrogen-bond acceptors (Lipinski definition) is 4. The van der Waals surface area contributed by atoms with Gasteiger partial charge in [-0.1, -0.05) is 0 Å². The van der Waals surface area contributed by atoms with Gasteiger partial charge >= 0.3 is 5.69 Å². The van der Waals surface area contributed by atoms with Crippen molar-refractivity contribution in [2.75, 3.05) is 0 Å². The zero-order valence-corrected chi connectivity index (χ0v) is 5.43. The molecule has 1 aromatic rings. The van der Waals surface area contributed by atoms with Gasteiger partial charge in [0.05, 0.1) is 4.92 Å². The van der Waals surface area contributed by atoms with Crippen LogP contribution in [0.3, 0.4) is 0 Å². The third kappa shape index (κ3) is 1.60. The summed E-state index contributed by atoms with van der Waals surface area (Å²) in [7, 11) is 0. The SMILES string of the molecule is O=[C]Cn1cc([N+](=O)[O-])cn1. The molecule has 0 spiro atoms. The summed E-state index contributed by atoms with van der Waals surface area (Å²) in [5.74, 6) is 0. The molecule has 6 heteroatoms. The summed E-state index contributed by atoms with van der Waals surface area (Å²) in [4.78, 5) is 19.3. The first-order chi connectivity index (χ1) is 5.24. The van der Waals surface area contributed by atoms with Crippen LogP contribution in [-0.4, -0.2) is 21.0 Å². The van der Waals surface area contributed by atoms with Crippen LogP contribution in [0.4, 0.5) is 5.69 Å². The number of hydrogen-bond donors (Lipinski definition) is 0. The zero-order chi connectivity index (χ0) is 8.27. The first kappa shape index (κ1) is 7.39. The van der Waals surface area contributed by atoms with Crippen molar-refractivity contribution in [3.8, 4) is 0 Å². The van der Waals surface area contributed by atoms with Crippen LogP contribution in [0.2, 0.25) is 0 Å². The molecule has 0 bridgehead atoms. The van der Waals surface area contributed by atoms with Crippen LogP contribution >= 0.6 is 0 Å². The Labute approximate surface area is 61.6 Å². The van der Waals surface area contributed by atoms with Gasteiger partial charge in [-0.25, -0.2) is 0 Å². The maximum Gasteiger partial charge on any atom is 0.307 e. The summed E-state index contributed by atoms with van der Waals surface area (Å²) in [6, 6.07) is 0. The van der Waals surface area contributed by atoms with Crippen LogP contribution in [0, 0.1) is 10.1 Å². The topological polar surface area (TPSA) is 78.0 Å². The van der Waals surface area contributed by atoms with Crippen LogP contribution in [0.1, 0.15) is 0 Å². The van der Waals surface area contributed by atoms with Gasteiger partial charge in [0.1, 0.15) is 18.9 Å². The van der Waals surface area contributed by atoms with E-state index >= 15 is 0 Å². The molecule has 11 heavy (non-hydrogen) atoms. The Balaban J connectivity index is 2.81. The Morgan fingerprint density at radius 1 is 1.82 bits per heavy atom. The quantitative estimate of drug-likeness (QED) is 0.450. The van der Waals surface area contributed by atoms with Gasteiger partial charge in [0.2, 0.25) is 6.29 Å². The predicted molar refractivity (Wildman–Crippen MR) is 34.6 cm³/mol. The van der Waals surface area contributed by atoms with Gasteiger partial charge in [-0.3, -0.25) is 19.6 Å². The molecule has 0 N–H and O–H groups in total. The normalized spacial score (nSPS) is 9.45. The lowest BCUT2D eigenvalue weighted by Crippen LogP contribution is -1.97. The largest absolute Gasteiger partial charge is 0.307 e. The van der Waals surface area contributed by atoms with Crippen molar-refractivity contribution in [2.24, 2.45) is 0 Å². The summed E-state index contributed by atoms with van der Waals surface area (Å²) in [6.07, 6.45) is 3.82. The molecule has 0 saturated carbocycles. The van der Waals surface area contributed by atoms with Gasteiger partial charge in [-0.15, -0.1) is 0 Å². The standard InChI is InChI=1S/C5H4N3O3/c9-2-1-7-4-5(3-6-7)8(10)11/h3-4H,1H2. The second kappa shape index (κ2) is 2.91. The van der Waals surface area contributed by atoms with E-state index in [9.17, 15) is 14.9 Å². The highest BCUT2D eigenvalue weighted by molar-refractivity contribution is 5.50. The molecule has 1 heterocycles. The van der Waals surface area contributed by atoms with Crippen molar-refractivity contribution in [1.82, 2.24) is 9.78 Å². The minimum Gasteiger partial charge on any atom is -0.289 e. The van der Waals surface area contributed by atoms with Crippen molar-refractivity contribution in [2.45, 2.75) is 6.54 Å². The lowest BCUT2D eigenvalue weighted by molar-refractivity contribution is -0.385. The van der Waals surface area contributed by atoms with E-state index < -0.39 is 4.92 Å². The molecule has 0 aliphatic rings. The Morgan fingerprint density at radius 3 is 3.00 bits per heavy atom. The Morgan fingerprint density at radius 2 is 2.55 bits per heavy atom. The van der Waals surface area contributed by atoms with Crippen molar-refractivity contribution >= 4 is 12.0 Å². The molecule has 1 aromatic heterocycles. The van der Waals surface area contributed by atoms with Crippen LogP contribution in [0.5, 0.6) is 0 Å². The van der Waals surface area contributed by atoms with E-state index in [1.165, 1.54) is 6.20 Å². The minimum absolute atomic E-state index is 0.0756. The number of rotatable bonds is 3. The highest BCUT2D eigenvalue weighted by atomic mass is 16.6. The number of aromatic nitrogens is 2. The first-order valence-electron chi connectivity index (χ1n) is 2.76. The zero-order valence-electron chi connectivity index (χ0n) is 5.43. The Hall–Kier alpha value is -1.72. The Kier molecular flexibility index (Phi) is 1.95. The fourth-order valence-electron chi connectivity index (χ4n) is 0.600. The van der Waals surface area contributed by atoms with Crippen LogP contribution in [0.25, 0.3) is 0 Å². The lowest BCUT2D eigenvalue weighted by atomic mass is 10.6. The fraction of sp³-hybridized carbons (Fsp3) is 0.200. The monoisotopic (exact) mass is 154 g/mol. The van der Waals surface area contributed by atoms with Crippen molar-refractivity contribution in [1.29, 1.82) is 0 Å². The summed E-state index contributed by atoms with van der Waals surface area (Å²) in [6.45, 7) is -0.0756. The van der Waals surface area contributed by atoms with Gasteiger partial charge in [0, 0.05) is 0 Å². The average molecular weight is 154 g/mol. The van der Waals surface area contributed by atoms with Gasteiger partial charge in [-0.2, -0.15) is 5.10 Å². The van der Waals surface area contributed by atoms with Gasteiger partial charge < -0.3 is 0 Å². The average Bonchev–Trinajstić information content (AvgIpc) is 2.37. The second-order valence-corrected chi connectivity index (χ2v) is 1.80. The summed E-state index contributed by atoms with van der Waals surface area (Å²) in [5, 5.41) is 13.6. The van der Waals surface area contributed by atoms with E-state index in [1.807, 2.05) is 0 Å². The first-order valence-corrected chi connectivity index (χ1v) is 2.76. The minimum atomic E-state index is -0.575. The van der Waals surface area contributed by atoms with E-state index in [1.54, 1.807) is 6.29 Å². The van der Waals surface area contributed by atoms with Gasteiger partial charge in [0.15, 0.2) is 0 Å². The summed E-state index contributed by atoms with van der Waals surface area (Å²) in [5.41, 5.74) is -0.125. The molecular formula is C5H4N3O3. The molecule has 0 unspecified atom stereocenters. The van der Waals surface area contributed by atoms with E-state index in [-0.39, 0.29) is 12.2 Å². The Bertz CT molecular complexity index is 280. The van der Waals surface area contributed by atoms with E-state index in [0.717, 1.165) is 10.9 Å².